The minimum Gasteiger partial charge on any atom is -0.463 e. The second kappa shape index (κ2) is 10.7. The van der Waals surface area contributed by atoms with Crippen LogP contribution in [0.5, 0.6) is 0 Å². The SMILES string of the molecule is CCCC(C)(CC)C(=O)OCCOC(Cc1ccc2cc3ccccc3cc2c1)OC. The van der Waals surface area contributed by atoms with Gasteiger partial charge in [0.25, 0.3) is 0 Å². The van der Waals surface area contributed by atoms with Crippen LogP contribution >= 0.6 is 0 Å². The average molecular weight is 423 g/mol. The smallest absolute Gasteiger partial charge is 0.311 e. The molecule has 0 bridgehead atoms. The maximum atomic E-state index is 12.4. The van der Waals surface area contributed by atoms with E-state index in [1.165, 1.54) is 21.5 Å². The third-order valence-corrected chi connectivity index (χ3v) is 6.13. The summed E-state index contributed by atoms with van der Waals surface area (Å²) in [6, 6.07) is 19.3. The highest BCUT2D eigenvalue weighted by Gasteiger charge is 2.31. The molecule has 31 heavy (non-hydrogen) atoms. The molecule has 0 aliphatic heterocycles. The Morgan fingerprint density at radius 2 is 1.61 bits per heavy atom. The van der Waals surface area contributed by atoms with Crippen LogP contribution in [0.3, 0.4) is 0 Å². The third kappa shape index (κ3) is 5.84. The van der Waals surface area contributed by atoms with E-state index in [1.54, 1.807) is 7.11 Å². The molecule has 3 aromatic rings. The lowest BCUT2D eigenvalue weighted by atomic mass is 9.83. The predicted molar refractivity (Wildman–Crippen MR) is 126 cm³/mol. The van der Waals surface area contributed by atoms with E-state index in [0.29, 0.717) is 13.0 Å². The van der Waals surface area contributed by atoms with Crippen LogP contribution in [-0.2, 0) is 25.4 Å². The lowest BCUT2D eigenvalue weighted by molar-refractivity contribution is -0.164. The molecule has 0 N–H and O–H groups in total. The first-order chi connectivity index (χ1) is 15.0. The number of fused-ring (bicyclic) bond motifs is 2. The van der Waals surface area contributed by atoms with E-state index in [2.05, 4.69) is 61.5 Å². The summed E-state index contributed by atoms with van der Waals surface area (Å²) in [6.07, 6.45) is 2.82. The Kier molecular flexibility index (Phi) is 8.05. The molecule has 0 aliphatic rings. The highest BCUT2D eigenvalue weighted by Crippen LogP contribution is 2.29. The molecule has 0 amide bonds. The Morgan fingerprint density at radius 1 is 0.935 bits per heavy atom. The summed E-state index contributed by atoms with van der Waals surface area (Å²) in [7, 11) is 1.64. The maximum absolute atomic E-state index is 12.4. The molecule has 0 aromatic heterocycles. The van der Waals surface area contributed by atoms with Crippen molar-refractivity contribution < 1.29 is 19.0 Å². The van der Waals surface area contributed by atoms with Crippen LogP contribution in [0.15, 0.2) is 54.6 Å². The predicted octanol–water partition coefficient (Wildman–Crippen LogP) is 6.28. The van der Waals surface area contributed by atoms with E-state index in [-0.39, 0.29) is 18.9 Å². The van der Waals surface area contributed by atoms with Crippen LogP contribution in [0.2, 0.25) is 0 Å². The molecule has 0 fully saturated rings. The zero-order valence-electron chi connectivity index (χ0n) is 19.1. The maximum Gasteiger partial charge on any atom is 0.311 e. The molecule has 4 nitrogen and oxygen atoms in total. The number of benzene rings is 3. The molecule has 0 heterocycles. The number of hydrogen-bond donors (Lipinski definition) is 0. The van der Waals surface area contributed by atoms with Crippen molar-refractivity contribution in [2.24, 2.45) is 5.41 Å². The first kappa shape index (κ1) is 23.2. The summed E-state index contributed by atoms with van der Waals surface area (Å²) in [5.41, 5.74) is 0.734. The van der Waals surface area contributed by atoms with Gasteiger partial charge in [0, 0.05) is 13.5 Å². The molecule has 3 aromatic carbocycles. The molecule has 3 rings (SSSR count). The Hall–Kier alpha value is -2.43. The number of rotatable bonds is 11. The minimum absolute atomic E-state index is 0.142. The topological polar surface area (TPSA) is 44.8 Å². The number of carbonyl (C=O) groups excluding carboxylic acids is 1. The standard InChI is InChI=1S/C27H34O4/c1-5-13-27(3,6-2)26(28)31-15-14-30-25(29-4)17-20-11-12-23-18-21-9-7-8-10-22(21)19-24(23)16-20/h7-12,16,18-19,25H,5-6,13-15,17H2,1-4H3. The Labute approximate surface area is 185 Å². The molecule has 0 spiro atoms. The fourth-order valence-corrected chi connectivity index (χ4v) is 3.98. The van der Waals surface area contributed by atoms with Gasteiger partial charge in [0.2, 0.25) is 0 Å². The number of hydrogen-bond acceptors (Lipinski definition) is 4. The summed E-state index contributed by atoms with van der Waals surface area (Å²) in [5, 5.41) is 4.90. The molecular formula is C27H34O4. The average Bonchev–Trinajstić information content (AvgIpc) is 2.79. The van der Waals surface area contributed by atoms with Crippen LogP contribution < -0.4 is 0 Å². The molecule has 2 unspecified atom stereocenters. The third-order valence-electron chi connectivity index (χ3n) is 6.13. The number of methoxy groups -OCH3 is 1. The van der Waals surface area contributed by atoms with Gasteiger partial charge in [-0.05, 0) is 59.0 Å². The molecular weight excluding hydrogens is 388 g/mol. The van der Waals surface area contributed by atoms with Crippen molar-refractivity contribution in [3.63, 3.8) is 0 Å². The van der Waals surface area contributed by atoms with Crippen molar-refractivity contribution in [3.8, 4) is 0 Å². The van der Waals surface area contributed by atoms with Crippen molar-refractivity contribution in [1.29, 1.82) is 0 Å². The first-order valence-electron chi connectivity index (χ1n) is 11.2. The fourth-order valence-electron chi connectivity index (χ4n) is 3.98. The van der Waals surface area contributed by atoms with Crippen LogP contribution in [0.4, 0.5) is 0 Å². The zero-order valence-corrected chi connectivity index (χ0v) is 19.1. The Balaban J connectivity index is 1.56. The highest BCUT2D eigenvalue weighted by molar-refractivity contribution is 5.98. The van der Waals surface area contributed by atoms with Crippen molar-refractivity contribution in [2.75, 3.05) is 20.3 Å². The van der Waals surface area contributed by atoms with Gasteiger partial charge in [-0.25, -0.2) is 0 Å². The molecule has 0 aliphatic carbocycles. The number of carbonyl (C=O) groups is 1. The van der Waals surface area contributed by atoms with Crippen molar-refractivity contribution in [3.05, 3.63) is 60.2 Å². The van der Waals surface area contributed by atoms with Crippen molar-refractivity contribution in [1.82, 2.24) is 0 Å². The van der Waals surface area contributed by atoms with Crippen molar-refractivity contribution in [2.45, 2.75) is 52.7 Å². The first-order valence-corrected chi connectivity index (χ1v) is 11.2. The van der Waals surface area contributed by atoms with Gasteiger partial charge in [-0.1, -0.05) is 62.7 Å². The molecule has 0 radical (unpaired) electrons. The summed E-state index contributed by atoms with van der Waals surface area (Å²) in [6.45, 7) is 6.64. The van der Waals surface area contributed by atoms with E-state index in [0.717, 1.165) is 24.8 Å². The van der Waals surface area contributed by atoms with Gasteiger partial charge < -0.3 is 14.2 Å². The van der Waals surface area contributed by atoms with Crippen LogP contribution in [-0.4, -0.2) is 32.6 Å². The molecule has 166 valence electrons. The molecule has 2 atom stereocenters. The van der Waals surface area contributed by atoms with Gasteiger partial charge >= 0.3 is 5.97 Å². The van der Waals surface area contributed by atoms with E-state index >= 15 is 0 Å². The van der Waals surface area contributed by atoms with Gasteiger partial charge in [0.15, 0.2) is 6.29 Å². The fraction of sp³-hybridized carbons (Fsp3) is 0.444. The monoisotopic (exact) mass is 422 g/mol. The van der Waals surface area contributed by atoms with Gasteiger partial charge in [-0.15, -0.1) is 0 Å². The molecule has 0 saturated carbocycles. The Morgan fingerprint density at radius 3 is 2.26 bits per heavy atom. The van der Waals surface area contributed by atoms with Crippen LogP contribution in [0.25, 0.3) is 21.5 Å². The summed E-state index contributed by atoms with van der Waals surface area (Å²) in [4.78, 5) is 12.4. The van der Waals surface area contributed by atoms with E-state index in [9.17, 15) is 4.79 Å². The van der Waals surface area contributed by atoms with E-state index < -0.39 is 5.41 Å². The van der Waals surface area contributed by atoms with Gasteiger partial charge in [0.1, 0.15) is 6.61 Å². The Bertz CT molecular complexity index is 1010. The van der Waals surface area contributed by atoms with Gasteiger partial charge in [-0.2, -0.15) is 0 Å². The normalized spacial score (nSPS) is 14.5. The number of ether oxygens (including phenoxy) is 3. The quantitative estimate of drug-likeness (QED) is 0.158. The van der Waals surface area contributed by atoms with E-state index in [1.807, 2.05) is 13.8 Å². The number of esters is 1. The second-order valence-corrected chi connectivity index (χ2v) is 8.42. The minimum atomic E-state index is -0.412. The lowest BCUT2D eigenvalue weighted by Gasteiger charge is -2.25. The van der Waals surface area contributed by atoms with Gasteiger partial charge in [-0.3, -0.25) is 4.79 Å². The highest BCUT2D eigenvalue weighted by atomic mass is 16.7. The van der Waals surface area contributed by atoms with Crippen LogP contribution in [0, 0.1) is 5.41 Å². The summed E-state index contributed by atoms with van der Waals surface area (Å²) in [5.74, 6) is -0.142. The van der Waals surface area contributed by atoms with Gasteiger partial charge in [0.05, 0.1) is 12.0 Å². The zero-order chi connectivity index (χ0) is 22.3. The second-order valence-electron chi connectivity index (χ2n) is 8.42. The lowest BCUT2D eigenvalue weighted by Crippen LogP contribution is -2.30. The summed E-state index contributed by atoms with van der Waals surface area (Å²) < 4.78 is 16.8. The van der Waals surface area contributed by atoms with E-state index in [4.69, 9.17) is 14.2 Å². The summed E-state index contributed by atoms with van der Waals surface area (Å²) >= 11 is 0. The largest absolute Gasteiger partial charge is 0.463 e. The van der Waals surface area contributed by atoms with Crippen molar-refractivity contribution >= 4 is 27.5 Å². The molecule has 0 saturated heterocycles. The molecule has 4 heteroatoms. The van der Waals surface area contributed by atoms with Crippen LogP contribution in [0.1, 0.15) is 45.6 Å².